The fourth-order valence-electron chi connectivity index (χ4n) is 2.27. The maximum absolute atomic E-state index is 12.0. The Balaban J connectivity index is 2.29. The number of rotatable bonds is 4. The molecular formula is C12H16N2O4. The number of carboxylic acid groups (broad SMARTS) is 1. The molecule has 1 atom stereocenters. The number of anilines is 2. The van der Waals surface area contributed by atoms with E-state index in [1.165, 1.54) is 6.26 Å². The van der Waals surface area contributed by atoms with Gasteiger partial charge in [-0.05, 0) is 5.92 Å². The molecule has 18 heavy (non-hydrogen) atoms. The first kappa shape index (κ1) is 12.5. The lowest BCUT2D eigenvalue weighted by molar-refractivity contribution is -0.118. The van der Waals surface area contributed by atoms with Crippen molar-refractivity contribution in [3.05, 3.63) is 12.0 Å². The Morgan fingerprint density at radius 3 is 2.72 bits per heavy atom. The molecule has 3 N–H and O–H groups in total. The summed E-state index contributed by atoms with van der Waals surface area (Å²) in [4.78, 5) is 22.9. The quantitative estimate of drug-likeness (QED) is 0.763. The van der Waals surface area contributed by atoms with Crippen molar-refractivity contribution in [1.82, 2.24) is 0 Å². The smallest absolute Gasteiger partial charge is 0.374 e. The predicted octanol–water partition coefficient (Wildman–Crippen LogP) is 2.15. The average molecular weight is 252 g/mol. The van der Waals surface area contributed by atoms with Gasteiger partial charge >= 0.3 is 5.97 Å². The first-order valence-corrected chi connectivity index (χ1v) is 6.00. The molecule has 1 amide bonds. The van der Waals surface area contributed by atoms with Crippen LogP contribution in [0.25, 0.3) is 0 Å². The third kappa shape index (κ3) is 1.94. The fraction of sp³-hybridized carbons (Fsp3) is 0.500. The van der Waals surface area contributed by atoms with E-state index < -0.39 is 5.97 Å². The van der Waals surface area contributed by atoms with Gasteiger partial charge in [-0.2, -0.15) is 0 Å². The summed E-state index contributed by atoms with van der Waals surface area (Å²) >= 11 is 0. The molecule has 1 unspecified atom stereocenters. The molecule has 0 saturated heterocycles. The normalized spacial score (nSPS) is 18.2. The van der Waals surface area contributed by atoms with Crippen LogP contribution in [0.1, 0.15) is 37.2 Å². The van der Waals surface area contributed by atoms with Crippen LogP contribution >= 0.6 is 0 Å². The standard InChI is InChI=1S/C12H16N2O4/c1-3-6(4-2)8-11(15)14-9-7(13-8)5-18-10(9)12(16)17/h5-6,8,13H,3-4H2,1-2H3,(H,14,15)(H,16,17). The van der Waals surface area contributed by atoms with E-state index in [-0.39, 0.29) is 29.3 Å². The Bertz CT molecular complexity index is 476. The van der Waals surface area contributed by atoms with E-state index in [9.17, 15) is 9.59 Å². The number of carboxylic acids is 1. The molecule has 0 aromatic carbocycles. The molecule has 1 aliphatic rings. The minimum Gasteiger partial charge on any atom is -0.475 e. The SMILES string of the molecule is CCC(CC)C1Nc2coc(C(=O)O)c2NC1=O. The second-order valence-electron chi connectivity index (χ2n) is 4.35. The Morgan fingerprint density at radius 2 is 2.17 bits per heavy atom. The maximum Gasteiger partial charge on any atom is 0.374 e. The fourth-order valence-corrected chi connectivity index (χ4v) is 2.27. The lowest BCUT2D eigenvalue weighted by Crippen LogP contribution is -2.43. The molecule has 0 fully saturated rings. The summed E-state index contributed by atoms with van der Waals surface area (Å²) in [5.41, 5.74) is 0.749. The zero-order valence-corrected chi connectivity index (χ0v) is 10.3. The van der Waals surface area contributed by atoms with Crippen molar-refractivity contribution in [2.24, 2.45) is 5.92 Å². The van der Waals surface area contributed by atoms with Gasteiger partial charge in [0.25, 0.3) is 0 Å². The van der Waals surface area contributed by atoms with E-state index in [0.717, 1.165) is 12.8 Å². The van der Waals surface area contributed by atoms with E-state index in [1.807, 2.05) is 13.8 Å². The molecule has 1 aromatic heterocycles. The van der Waals surface area contributed by atoms with Crippen LogP contribution in [0.5, 0.6) is 0 Å². The lowest BCUT2D eigenvalue weighted by Gasteiger charge is -2.29. The minimum atomic E-state index is -1.20. The van der Waals surface area contributed by atoms with Gasteiger partial charge in [0.1, 0.15) is 18.0 Å². The van der Waals surface area contributed by atoms with Crippen molar-refractivity contribution in [3.8, 4) is 0 Å². The summed E-state index contributed by atoms with van der Waals surface area (Å²) in [5.74, 6) is -1.44. The number of carbonyl (C=O) groups is 2. The van der Waals surface area contributed by atoms with Crippen LogP contribution in [0.4, 0.5) is 11.4 Å². The molecule has 6 nitrogen and oxygen atoms in total. The Kier molecular flexibility index (Phi) is 3.27. The number of aromatic carboxylic acids is 1. The predicted molar refractivity (Wildman–Crippen MR) is 65.8 cm³/mol. The van der Waals surface area contributed by atoms with E-state index in [0.29, 0.717) is 5.69 Å². The second kappa shape index (κ2) is 4.72. The van der Waals surface area contributed by atoms with Crippen molar-refractivity contribution >= 4 is 23.3 Å². The van der Waals surface area contributed by atoms with Crippen LogP contribution in [-0.4, -0.2) is 23.0 Å². The van der Waals surface area contributed by atoms with Crippen LogP contribution in [-0.2, 0) is 4.79 Å². The molecule has 1 aliphatic heterocycles. The Labute approximate surface area is 104 Å². The third-order valence-corrected chi connectivity index (χ3v) is 3.35. The van der Waals surface area contributed by atoms with Crippen molar-refractivity contribution in [2.75, 3.05) is 10.6 Å². The topological polar surface area (TPSA) is 91.6 Å². The second-order valence-corrected chi connectivity index (χ2v) is 4.35. The van der Waals surface area contributed by atoms with Gasteiger partial charge in [-0.15, -0.1) is 0 Å². The number of amides is 1. The highest BCUT2D eigenvalue weighted by atomic mass is 16.4. The van der Waals surface area contributed by atoms with Gasteiger partial charge in [-0.3, -0.25) is 4.79 Å². The van der Waals surface area contributed by atoms with Crippen LogP contribution in [0, 0.1) is 5.92 Å². The first-order chi connectivity index (χ1) is 8.58. The molecule has 0 aliphatic carbocycles. The van der Waals surface area contributed by atoms with Crippen LogP contribution in [0.15, 0.2) is 10.7 Å². The summed E-state index contributed by atoms with van der Waals surface area (Å²) in [6.45, 7) is 4.05. The Morgan fingerprint density at radius 1 is 1.50 bits per heavy atom. The monoisotopic (exact) mass is 252 g/mol. The zero-order valence-electron chi connectivity index (χ0n) is 10.3. The highest BCUT2D eigenvalue weighted by molar-refractivity contribution is 6.08. The van der Waals surface area contributed by atoms with E-state index in [2.05, 4.69) is 10.6 Å². The van der Waals surface area contributed by atoms with Crippen molar-refractivity contribution in [2.45, 2.75) is 32.7 Å². The molecule has 98 valence electrons. The molecule has 0 radical (unpaired) electrons. The lowest BCUT2D eigenvalue weighted by atomic mass is 9.92. The summed E-state index contributed by atoms with van der Waals surface area (Å²) in [7, 11) is 0. The summed E-state index contributed by atoms with van der Waals surface area (Å²) in [5, 5.41) is 14.6. The number of nitrogens with one attached hydrogen (secondary N) is 2. The zero-order chi connectivity index (χ0) is 13.3. The molecule has 0 bridgehead atoms. The third-order valence-electron chi connectivity index (χ3n) is 3.35. The van der Waals surface area contributed by atoms with Gasteiger partial charge in [0.2, 0.25) is 11.7 Å². The number of fused-ring (bicyclic) bond motifs is 1. The summed E-state index contributed by atoms with van der Waals surface area (Å²) in [6.07, 6.45) is 3.08. The Hall–Kier alpha value is -1.98. The molecule has 2 rings (SSSR count). The van der Waals surface area contributed by atoms with E-state index in [4.69, 9.17) is 9.52 Å². The summed E-state index contributed by atoms with van der Waals surface area (Å²) < 4.78 is 4.95. The number of hydrogen-bond donors (Lipinski definition) is 3. The van der Waals surface area contributed by atoms with Gasteiger partial charge in [-0.1, -0.05) is 26.7 Å². The summed E-state index contributed by atoms with van der Waals surface area (Å²) in [6, 6.07) is -0.341. The molecule has 0 spiro atoms. The highest BCUT2D eigenvalue weighted by Crippen LogP contribution is 2.34. The number of hydrogen-bond acceptors (Lipinski definition) is 4. The molecule has 6 heteroatoms. The van der Waals surface area contributed by atoms with Crippen molar-refractivity contribution in [3.63, 3.8) is 0 Å². The van der Waals surface area contributed by atoms with E-state index >= 15 is 0 Å². The van der Waals surface area contributed by atoms with Gasteiger partial charge in [0.05, 0.1) is 5.69 Å². The minimum absolute atomic E-state index is 0.208. The van der Waals surface area contributed by atoms with Crippen molar-refractivity contribution < 1.29 is 19.1 Å². The van der Waals surface area contributed by atoms with Gasteiger partial charge in [-0.25, -0.2) is 4.79 Å². The van der Waals surface area contributed by atoms with E-state index in [1.54, 1.807) is 0 Å². The van der Waals surface area contributed by atoms with Gasteiger partial charge in [0, 0.05) is 0 Å². The molecule has 1 aromatic rings. The average Bonchev–Trinajstić information content (AvgIpc) is 2.73. The number of furan rings is 1. The molecular weight excluding hydrogens is 236 g/mol. The largest absolute Gasteiger partial charge is 0.475 e. The van der Waals surface area contributed by atoms with Crippen LogP contribution < -0.4 is 10.6 Å². The number of carbonyl (C=O) groups excluding carboxylic acids is 1. The van der Waals surface area contributed by atoms with Crippen LogP contribution in [0.2, 0.25) is 0 Å². The van der Waals surface area contributed by atoms with Crippen LogP contribution in [0.3, 0.4) is 0 Å². The molecule has 2 heterocycles. The highest BCUT2D eigenvalue weighted by Gasteiger charge is 2.34. The molecule has 0 saturated carbocycles. The van der Waals surface area contributed by atoms with Gasteiger partial charge in [0.15, 0.2) is 0 Å². The van der Waals surface area contributed by atoms with Gasteiger partial charge < -0.3 is 20.2 Å². The first-order valence-electron chi connectivity index (χ1n) is 6.00. The van der Waals surface area contributed by atoms with Crippen molar-refractivity contribution in [1.29, 1.82) is 0 Å². The maximum atomic E-state index is 12.0.